The van der Waals surface area contributed by atoms with Crippen LogP contribution in [0.5, 0.6) is 11.5 Å². The van der Waals surface area contributed by atoms with Gasteiger partial charge >= 0.3 is 11.9 Å². The zero-order valence-corrected chi connectivity index (χ0v) is 21.1. The number of amides is 1. The van der Waals surface area contributed by atoms with E-state index in [0.29, 0.717) is 0 Å². The van der Waals surface area contributed by atoms with Gasteiger partial charge in [-0.25, -0.2) is 9.59 Å². The number of phenolic OH excluding ortho intramolecular Hbond substituents is 2. The van der Waals surface area contributed by atoms with Gasteiger partial charge < -0.3 is 69.9 Å². The fourth-order valence-electron chi connectivity index (χ4n) is 4.35. The van der Waals surface area contributed by atoms with Crippen LogP contribution in [-0.4, -0.2) is 140 Å². The molecule has 3 rings (SSSR count). The maximum absolute atomic E-state index is 13.2. The molecule has 224 valence electrons. The summed E-state index contributed by atoms with van der Waals surface area (Å²) in [4.78, 5) is 36.7. The molecule has 17 heteroatoms. The first-order chi connectivity index (χ1) is 18.8. The number of aromatic hydroxyl groups is 2. The summed E-state index contributed by atoms with van der Waals surface area (Å²) in [6.45, 7) is 0. The van der Waals surface area contributed by atoms with E-state index in [1.165, 1.54) is 6.07 Å². The Hall–Kier alpha value is -3.13. The number of aliphatic hydroxyl groups is 4. The van der Waals surface area contributed by atoms with Crippen LogP contribution in [0.15, 0.2) is 18.2 Å². The number of phenols is 2. The monoisotopic (exact) mass is 577 g/mol. The van der Waals surface area contributed by atoms with Crippen molar-refractivity contribution in [3.05, 3.63) is 23.8 Å². The molecule has 2 fully saturated rings. The first kappa shape index (κ1) is 31.4. The van der Waals surface area contributed by atoms with Gasteiger partial charge in [0, 0.05) is 20.6 Å². The smallest absolute Gasteiger partial charge is 0.335 e. The van der Waals surface area contributed by atoms with Crippen LogP contribution in [0.25, 0.3) is 0 Å². The van der Waals surface area contributed by atoms with Crippen LogP contribution >= 0.6 is 0 Å². The van der Waals surface area contributed by atoms with E-state index in [2.05, 4.69) is 5.32 Å². The number of carboxylic acid groups (broad SMARTS) is 2. The van der Waals surface area contributed by atoms with E-state index in [4.69, 9.17) is 23.7 Å². The number of hydrogen-bond acceptors (Lipinski definition) is 14. The van der Waals surface area contributed by atoms with E-state index >= 15 is 0 Å². The lowest BCUT2D eigenvalue weighted by molar-refractivity contribution is -0.348. The van der Waals surface area contributed by atoms with Gasteiger partial charge in [-0.1, -0.05) is 6.07 Å². The number of carboxylic acids is 2. The Kier molecular flexibility index (Phi) is 10.2. The van der Waals surface area contributed by atoms with Crippen LogP contribution in [0.4, 0.5) is 0 Å². The Bertz CT molecular complexity index is 1070. The Morgan fingerprint density at radius 2 is 1.45 bits per heavy atom. The largest absolute Gasteiger partial charge is 0.504 e. The van der Waals surface area contributed by atoms with Crippen LogP contribution in [0.3, 0.4) is 0 Å². The number of aliphatic carboxylic acids is 2. The maximum Gasteiger partial charge on any atom is 0.335 e. The molecule has 11 atom stereocenters. The summed E-state index contributed by atoms with van der Waals surface area (Å²) >= 11 is 0. The van der Waals surface area contributed by atoms with E-state index < -0.39 is 96.8 Å². The fourth-order valence-corrected chi connectivity index (χ4v) is 4.35. The molecule has 0 bridgehead atoms. The molecule has 17 nitrogen and oxygen atoms in total. The van der Waals surface area contributed by atoms with Gasteiger partial charge in [0.05, 0.1) is 0 Å². The molecule has 4 unspecified atom stereocenters. The molecule has 0 radical (unpaired) electrons. The van der Waals surface area contributed by atoms with Gasteiger partial charge in [-0.15, -0.1) is 0 Å². The number of methoxy groups -OCH3 is 2. The van der Waals surface area contributed by atoms with Gasteiger partial charge in [0.1, 0.15) is 42.7 Å². The summed E-state index contributed by atoms with van der Waals surface area (Å²) in [6, 6.07) is 1.87. The molecule has 0 saturated carbocycles. The zero-order valence-electron chi connectivity index (χ0n) is 21.1. The van der Waals surface area contributed by atoms with E-state index in [1.54, 1.807) is 0 Å². The number of hydrogen-bond donors (Lipinski definition) is 9. The highest BCUT2D eigenvalue weighted by Gasteiger charge is 2.54. The standard InChI is InChI=1S/C23H31NO16/c1-36-15-11(27)14(30)23(40-18(15)21(34)35)38-16-12(28)13(29)22(37-2)39-17(16)19(31)24-8(20(32)33)5-7-3-4-9(25)10(26)6-7/h3-4,6,8,11-18,22-23,25-30H,5H2,1-2H3,(H,24,31)(H,32,33)(H,34,35)/t8-,11+,12?,13?,14?,15-,16-,17+,18?,22+,23+/m0/s1. The molecular formula is C23H31NO16. The van der Waals surface area contributed by atoms with E-state index in [-0.39, 0.29) is 12.0 Å². The second-order valence-corrected chi connectivity index (χ2v) is 9.11. The van der Waals surface area contributed by atoms with Crippen molar-refractivity contribution >= 4 is 17.8 Å². The Labute approximate surface area is 226 Å². The summed E-state index contributed by atoms with van der Waals surface area (Å²) in [5, 5.41) is 82.3. The summed E-state index contributed by atoms with van der Waals surface area (Å²) < 4.78 is 25.9. The predicted molar refractivity (Wildman–Crippen MR) is 125 cm³/mol. The lowest BCUT2D eigenvalue weighted by Gasteiger charge is -2.45. The number of rotatable bonds is 10. The minimum Gasteiger partial charge on any atom is -0.504 e. The molecule has 2 aliphatic rings. The molecule has 1 aromatic carbocycles. The SMILES string of the molecule is CO[C@@H]1O[C@@H](C(=O)N[C@@H](Cc2ccc(O)c(O)c2)C(=O)O)[C@@H](O[C@@H]2OC(C(=O)O)[C@@H](OC)[C@H](O)C2O)C(O)C1O. The van der Waals surface area contributed by atoms with Gasteiger partial charge in [-0.05, 0) is 17.7 Å². The highest BCUT2D eigenvalue weighted by atomic mass is 16.7. The predicted octanol–water partition coefficient (Wildman–Crippen LogP) is -3.77. The Morgan fingerprint density at radius 3 is 2.00 bits per heavy atom. The van der Waals surface area contributed by atoms with Crippen LogP contribution in [-0.2, 0) is 44.5 Å². The first-order valence-electron chi connectivity index (χ1n) is 11.8. The first-order valence-corrected chi connectivity index (χ1v) is 11.8. The second kappa shape index (κ2) is 13.0. The molecule has 0 aliphatic carbocycles. The van der Waals surface area contributed by atoms with Crippen molar-refractivity contribution in [1.29, 1.82) is 0 Å². The third-order valence-corrected chi connectivity index (χ3v) is 6.48. The van der Waals surface area contributed by atoms with E-state index in [1.807, 2.05) is 0 Å². The summed E-state index contributed by atoms with van der Waals surface area (Å²) in [5.41, 5.74) is 0.214. The number of benzene rings is 1. The topological polar surface area (TPSA) is 271 Å². The minimum atomic E-state index is -1.98. The van der Waals surface area contributed by atoms with Crippen molar-refractivity contribution in [3.8, 4) is 11.5 Å². The molecule has 9 N–H and O–H groups in total. The van der Waals surface area contributed by atoms with Crippen molar-refractivity contribution in [2.45, 2.75) is 73.9 Å². The summed E-state index contributed by atoms with van der Waals surface area (Å²) in [5.74, 6) is -5.27. The van der Waals surface area contributed by atoms with Crippen LogP contribution in [0.1, 0.15) is 5.56 Å². The van der Waals surface area contributed by atoms with Crippen molar-refractivity contribution in [2.24, 2.45) is 0 Å². The third-order valence-electron chi connectivity index (χ3n) is 6.48. The van der Waals surface area contributed by atoms with Gasteiger partial charge in [-0.2, -0.15) is 0 Å². The average Bonchev–Trinajstić information content (AvgIpc) is 2.90. The molecule has 0 aromatic heterocycles. The number of carbonyl (C=O) groups is 3. The summed E-state index contributed by atoms with van der Waals surface area (Å²) in [6.07, 6.45) is -18.8. The number of carbonyl (C=O) groups excluding carboxylic acids is 1. The molecule has 2 heterocycles. The van der Waals surface area contributed by atoms with Crippen LogP contribution < -0.4 is 5.32 Å². The highest BCUT2D eigenvalue weighted by molar-refractivity contribution is 5.87. The van der Waals surface area contributed by atoms with Gasteiger partial charge in [0.25, 0.3) is 5.91 Å². The van der Waals surface area contributed by atoms with Crippen LogP contribution in [0.2, 0.25) is 0 Å². The number of aliphatic hydroxyl groups excluding tert-OH is 4. The van der Waals surface area contributed by atoms with Gasteiger partial charge in [-0.3, -0.25) is 4.79 Å². The molecule has 1 aromatic rings. The van der Waals surface area contributed by atoms with Crippen molar-refractivity contribution in [2.75, 3.05) is 14.2 Å². The highest BCUT2D eigenvalue weighted by Crippen LogP contribution is 2.31. The fraction of sp³-hybridized carbons (Fsp3) is 0.609. The lowest BCUT2D eigenvalue weighted by Crippen LogP contribution is -2.67. The van der Waals surface area contributed by atoms with Crippen molar-refractivity contribution in [3.63, 3.8) is 0 Å². The molecule has 2 aliphatic heterocycles. The van der Waals surface area contributed by atoms with E-state index in [0.717, 1.165) is 26.4 Å². The molecular weight excluding hydrogens is 546 g/mol. The van der Waals surface area contributed by atoms with Crippen LogP contribution in [0, 0.1) is 0 Å². The minimum absolute atomic E-state index is 0.214. The van der Waals surface area contributed by atoms with E-state index in [9.17, 15) is 55.2 Å². The number of ether oxygens (including phenoxy) is 5. The van der Waals surface area contributed by atoms with Crippen molar-refractivity contribution < 1.29 is 78.9 Å². The zero-order chi connectivity index (χ0) is 29.9. The molecule has 0 spiro atoms. The van der Waals surface area contributed by atoms with Gasteiger partial charge in [0.15, 0.2) is 36.3 Å². The number of nitrogens with one attached hydrogen (secondary N) is 1. The average molecular weight is 577 g/mol. The summed E-state index contributed by atoms with van der Waals surface area (Å²) in [7, 11) is 2.15. The maximum atomic E-state index is 13.2. The normalized spacial score (nSPS) is 35.0. The lowest BCUT2D eigenvalue weighted by atomic mass is 9.95. The third kappa shape index (κ3) is 6.60. The Balaban J connectivity index is 1.86. The van der Waals surface area contributed by atoms with Gasteiger partial charge in [0.2, 0.25) is 0 Å². The quantitative estimate of drug-likeness (QED) is 0.121. The molecule has 2 saturated heterocycles. The molecule has 40 heavy (non-hydrogen) atoms. The Morgan fingerprint density at radius 1 is 0.850 bits per heavy atom. The molecule has 1 amide bonds. The second-order valence-electron chi connectivity index (χ2n) is 9.11. The van der Waals surface area contributed by atoms with Crippen molar-refractivity contribution in [1.82, 2.24) is 5.32 Å².